The fourth-order valence-electron chi connectivity index (χ4n) is 1.92. The van der Waals surface area contributed by atoms with Crippen LogP contribution in [0.5, 0.6) is 11.5 Å². The average molecular weight is 251 g/mol. The van der Waals surface area contributed by atoms with Crippen LogP contribution in [0.25, 0.3) is 0 Å². The first-order chi connectivity index (χ1) is 8.79. The molecule has 4 nitrogen and oxygen atoms in total. The van der Waals surface area contributed by atoms with Crippen molar-refractivity contribution in [2.75, 3.05) is 39.6 Å². The van der Waals surface area contributed by atoms with Gasteiger partial charge in [-0.05, 0) is 31.2 Å². The predicted molar refractivity (Wildman–Crippen MR) is 70.2 cm³/mol. The smallest absolute Gasteiger partial charge is 0.231 e. The van der Waals surface area contributed by atoms with Gasteiger partial charge in [-0.3, -0.25) is 4.90 Å². The molecule has 1 fully saturated rings. The molecule has 100 valence electrons. The molecule has 0 bridgehead atoms. The summed E-state index contributed by atoms with van der Waals surface area (Å²) in [5, 5.41) is 0. The second kappa shape index (κ2) is 6.61. The molecule has 0 spiro atoms. The first-order valence-electron chi connectivity index (χ1n) is 6.46. The molecule has 0 radical (unpaired) electrons. The summed E-state index contributed by atoms with van der Waals surface area (Å²) >= 11 is 0. The topological polar surface area (TPSA) is 30.9 Å². The van der Waals surface area contributed by atoms with Crippen molar-refractivity contribution in [3.8, 4) is 11.5 Å². The Hall–Kier alpha value is -1.26. The van der Waals surface area contributed by atoms with Crippen LogP contribution in [0, 0.1) is 6.92 Å². The minimum atomic E-state index is 0.360. The molecule has 2 aliphatic heterocycles. The molecule has 0 N–H and O–H groups in total. The zero-order chi connectivity index (χ0) is 12.8. The van der Waals surface area contributed by atoms with Crippen LogP contribution < -0.4 is 9.47 Å². The summed E-state index contributed by atoms with van der Waals surface area (Å²) in [6, 6.07) is 5.91. The Kier molecular flexibility index (Phi) is 4.84. The van der Waals surface area contributed by atoms with Gasteiger partial charge in [0.05, 0.1) is 13.2 Å². The number of ether oxygens (including phenoxy) is 3. The molecular formula is C14H21NO3. The number of morpholine rings is 1. The third-order valence-electron chi connectivity index (χ3n) is 3.08. The van der Waals surface area contributed by atoms with E-state index in [1.165, 1.54) is 12.1 Å². The zero-order valence-corrected chi connectivity index (χ0v) is 11.1. The van der Waals surface area contributed by atoms with Gasteiger partial charge in [0, 0.05) is 13.1 Å². The maximum absolute atomic E-state index is 5.16. The third-order valence-corrected chi connectivity index (χ3v) is 3.08. The van der Waals surface area contributed by atoms with Crippen molar-refractivity contribution < 1.29 is 14.2 Å². The van der Waals surface area contributed by atoms with Gasteiger partial charge >= 0.3 is 0 Å². The largest absolute Gasteiger partial charge is 0.454 e. The van der Waals surface area contributed by atoms with Gasteiger partial charge in [0.2, 0.25) is 6.79 Å². The zero-order valence-electron chi connectivity index (χ0n) is 11.1. The number of aryl methyl sites for hydroxylation is 1. The number of nitrogens with zero attached hydrogens (tertiary/aromatic N) is 1. The summed E-state index contributed by atoms with van der Waals surface area (Å²) in [5.41, 5.74) is 1.20. The summed E-state index contributed by atoms with van der Waals surface area (Å²) in [7, 11) is 0. The van der Waals surface area contributed by atoms with Gasteiger partial charge in [-0.2, -0.15) is 0 Å². The predicted octanol–water partition coefficient (Wildman–Crippen LogP) is 2.06. The molecule has 0 aliphatic carbocycles. The second-order valence-electron chi connectivity index (χ2n) is 4.40. The average Bonchev–Trinajstić information content (AvgIpc) is 2.87. The molecule has 0 saturated carbocycles. The van der Waals surface area contributed by atoms with E-state index in [1.54, 1.807) is 0 Å². The van der Waals surface area contributed by atoms with Crippen molar-refractivity contribution in [2.45, 2.75) is 13.8 Å². The van der Waals surface area contributed by atoms with E-state index < -0.39 is 0 Å². The minimum absolute atomic E-state index is 0.360. The van der Waals surface area contributed by atoms with Crippen LogP contribution in [0.1, 0.15) is 12.5 Å². The van der Waals surface area contributed by atoms with Gasteiger partial charge in [-0.25, -0.2) is 0 Å². The quantitative estimate of drug-likeness (QED) is 0.764. The molecule has 1 saturated heterocycles. The lowest BCUT2D eigenvalue weighted by molar-refractivity contribution is 0.0405. The number of hydrogen-bond acceptors (Lipinski definition) is 4. The molecular weight excluding hydrogens is 230 g/mol. The van der Waals surface area contributed by atoms with E-state index in [4.69, 9.17) is 14.2 Å². The number of hydrogen-bond donors (Lipinski definition) is 0. The van der Waals surface area contributed by atoms with E-state index >= 15 is 0 Å². The fraction of sp³-hybridized carbons (Fsp3) is 0.571. The van der Waals surface area contributed by atoms with Gasteiger partial charge in [0.1, 0.15) is 0 Å². The summed E-state index contributed by atoms with van der Waals surface area (Å²) < 4.78 is 15.4. The second-order valence-corrected chi connectivity index (χ2v) is 4.40. The Balaban J connectivity index is 0.000000138. The van der Waals surface area contributed by atoms with E-state index in [-0.39, 0.29) is 0 Å². The Morgan fingerprint density at radius 2 is 1.83 bits per heavy atom. The number of fused-ring (bicyclic) bond motifs is 1. The molecule has 4 heteroatoms. The van der Waals surface area contributed by atoms with Crippen molar-refractivity contribution in [1.82, 2.24) is 4.90 Å². The summed E-state index contributed by atoms with van der Waals surface area (Å²) in [6.07, 6.45) is 0. The molecule has 0 unspecified atom stereocenters. The monoisotopic (exact) mass is 251 g/mol. The van der Waals surface area contributed by atoms with Gasteiger partial charge < -0.3 is 14.2 Å². The Morgan fingerprint density at radius 1 is 1.11 bits per heavy atom. The highest BCUT2D eigenvalue weighted by Crippen LogP contribution is 2.31. The molecule has 2 heterocycles. The number of benzene rings is 1. The van der Waals surface area contributed by atoms with Gasteiger partial charge in [0.25, 0.3) is 0 Å². The van der Waals surface area contributed by atoms with Crippen molar-refractivity contribution in [3.63, 3.8) is 0 Å². The molecule has 0 atom stereocenters. The van der Waals surface area contributed by atoms with E-state index in [1.807, 2.05) is 25.1 Å². The van der Waals surface area contributed by atoms with E-state index in [2.05, 4.69) is 11.8 Å². The highest BCUT2D eigenvalue weighted by Gasteiger charge is 2.11. The van der Waals surface area contributed by atoms with Gasteiger partial charge in [0.15, 0.2) is 11.5 Å². The van der Waals surface area contributed by atoms with E-state index in [0.717, 1.165) is 37.8 Å². The van der Waals surface area contributed by atoms with Crippen LogP contribution in [0.3, 0.4) is 0 Å². The standard InChI is InChI=1S/C8H8O2.C6H13NO/c1-6-2-3-7-8(4-6)10-5-9-7;1-2-7-3-5-8-6-4-7/h2-4H,5H2,1H3;2-6H2,1H3. The van der Waals surface area contributed by atoms with Crippen LogP contribution >= 0.6 is 0 Å². The van der Waals surface area contributed by atoms with Crippen molar-refractivity contribution >= 4 is 0 Å². The van der Waals surface area contributed by atoms with Gasteiger partial charge in [-0.15, -0.1) is 0 Å². The highest BCUT2D eigenvalue weighted by molar-refractivity contribution is 5.43. The first kappa shape index (κ1) is 13.2. The Labute approximate surface area is 108 Å². The van der Waals surface area contributed by atoms with Gasteiger partial charge in [-0.1, -0.05) is 13.0 Å². The Bertz CT molecular complexity index is 375. The third kappa shape index (κ3) is 3.62. The molecule has 2 aliphatic rings. The normalized spacial score (nSPS) is 18.1. The van der Waals surface area contributed by atoms with Crippen LogP contribution in [0.2, 0.25) is 0 Å². The molecule has 3 rings (SSSR count). The molecule has 0 amide bonds. The van der Waals surface area contributed by atoms with Crippen LogP contribution in [-0.4, -0.2) is 44.5 Å². The summed E-state index contributed by atoms with van der Waals surface area (Å²) in [6.45, 7) is 9.84. The molecule has 0 aromatic heterocycles. The van der Waals surface area contributed by atoms with Crippen molar-refractivity contribution in [1.29, 1.82) is 0 Å². The lowest BCUT2D eigenvalue weighted by Crippen LogP contribution is -2.35. The molecule has 1 aromatic carbocycles. The lowest BCUT2D eigenvalue weighted by atomic mass is 10.2. The van der Waals surface area contributed by atoms with Crippen LogP contribution in [0.4, 0.5) is 0 Å². The lowest BCUT2D eigenvalue weighted by Gasteiger charge is -2.24. The maximum atomic E-state index is 5.16. The highest BCUT2D eigenvalue weighted by atomic mass is 16.7. The summed E-state index contributed by atoms with van der Waals surface area (Å²) in [4.78, 5) is 2.39. The molecule has 1 aromatic rings. The summed E-state index contributed by atoms with van der Waals surface area (Å²) in [5.74, 6) is 1.71. The minimum Gasteiger partial charge on any atom is -0.454 e. The Morgan fingerprint density at radius 3 is 2.50 bits per heavy atom. The SMILES string of the molecule is CCN1CCOCC1.Cc1ccc2c(c1)OCO2. The molecule has 18 heavy (non-hydrogen) atoms. The number of likely N-dealkylation sites (N-methyl/N-ethyl adjacent to an activating group) is 1. The van der Waals surface area contributed by atoms with Crippen LogP contribution in [0.15, 0.2) is 18.2 Å². The fourth-order valence-corrected chi connectivity index (χ4v) is 1.92. The van der Waals surface area contributed by atoms with E-state index in [9.17, 15) is 0 Å². The first-order valence-corrected chi connectivity index (χ1v) is 6.46. The number of rotatable bonds is 1. The van der Waals surface area contributed by atoms with Crippen LogP contribution in [-0.2, 0) is 4.74 Å². The van der Waals surface area contributed by atoms with Crippen molar-refractivity contribution in [2.24, 2.45) is 0 Å². The van der Waals surface area contributed by atoms with E-state index in [0.29, 0.717) is 6.79 Å². The maximum Gasteiger partial charge on any atom is 0.231 e. The van der Waals surface area contributed by atoms with Crippen molar-refractivity contribution in [3.05, 3.63) is 23.8 Å².